The molecule has 1 atom stereocenters. The highest BCUT2D eigenvalue weighted by Crippen LogP contribution is 2.40. The summed E-state index contributed by atoms with van der Waals surface area (Å²) in [6.07, 6.45) is 0. The van der Waals surface area contributed by atoms with Crippen molar-refractivity contribution in [2.24, 2.45) is 19.8 Å². The Morgan fingerprint density at radius 1 is 1.25 bits per heavy atom. The summed E-state index contributed by atoms with van der Waals surface area (Å²) in [6, 6.07) is 7.65. The Kier molecular flexibility index (Phi) is 3.49. The lowest BCUT2D eigenvalue weighted by Crippen LogP contribution is -2.42. The predicted octanol–water partition coefficient (Wildman–Crippen LogP) is 0.441. The first-order valence-electron chi connectivity index (χ1n) is 7.00. The molecule has 0 fully saturated rings. The first-order valence-corrected chi connectivity index (χ1v) is 7.00. The van der Waals surface area contributed by atoms with Gasteiger partial charge in [0.25, 0.3) is 5.56 Å². The van der Waals surface area contributed by atoms with Gasteiger partial charge in [-0.3, -0.25) is 13.9 Å². The van der Waals surface area contributed by atoms with E-state index in [0.717, 1.165) is 9.13 Å². The molecule has 0 amide bonds. The largest absolute Gasteiger partial charge is 0.423 e. The number of halogens is 1. The zero-order chi connectivity index (χ0) is 17.6. The van der Waals surface area contributed by atoms with E-state index in [1.165, 1.54) is 32.3 Å². The summed E-state index contributed by atoms with van der Waals surface area (Å²) < 4.78 is 21.6. The van der Waals surface area contributed by atoms with Gasteiger partial charge in [-0.25, -0.2) is 9.18 Å². The third kappa shape index (κ3) is 2.02. The monoisotopic (exact) mass is 328 g/mol. The molecule has 2 aromatic rings. The average molecular weight is 328 g/mol. The fourth-order valence-electron chi connectivity index (χ4n) is 2.81. The van der Waals surface area contributed by atoms with Crippen molar-refractivity contribution in [2.75, 3.05) is 0 Å². The van der Waals surface area contributed by atoms with Crippen LogP contribution in [0, 0.1) is 17.1 Å². The smallest absolute Gasteiger partial charge is 0.333 e. The van der Waals surface area contributed by atoms with Crippen molar-refractivity contribution in [1.82, 2.24) is 9.13 Å². The number of aromatic nitrogens is 2. The fourth-order valence-corrected chi connectivity index (χ4v) is 2.81. The molecule has 24 heavy (non-hydrogen) atoms. The average Bonchev–Trinajstić information content (AvgIpc) is 2.57. The molecule has 0 saturated carbocycles. The summed E-state index contributed by atoms with van der Waals surface area (Å²) in [6.45, 7) is 0. The van der Waals surface area contributed by atoms with Gasteiger partial charge in [-0.15, -0.1) is 0 Å². The lowest BCUT2D eigenvalue weighted by Gasteiger charge is -2.27. The molecule has 7 nitrogen and oxygen atoms in total. The highest BCUT2D eigenvalue weighted by atomic mass is 19.1. The Morgan fingerprint density at radius 3 is 2.54 bits per heavy atom. The molecule has 1 aliphatic heterocycles. The van der Waals surface area contributed by atoms with Crippen molar-refractivity contribution >= 4 is 0 Å². The van der Waals surface area contributed by atoms with Crippen LogP contribution in [0.2, 0.25) is 0 Å². The number of hydrogen-bond donors (Lipinski definition) is 1. The van der Waals surface area contributed by atoms with Crippen molar-refractivity contribution in [3.63, 3.8) is 0 Å². The number of benzene rings is 1. The van der Waals surface area contributed by atoms with Gasteiger partial charge in [-0.05, 0) is 6.07 Å². The molecule has 0 radical (unpaired) electrons. The fraction of sp³-hybridized carbons (Fsp3) is 0.188. The SMILES string of the molecule is Cn1c2c(c(=O)n(C)c1=O)[C@@H](c1ccccc1F)C(C#N)=C(N)O2. The third-order valence-electron chi connectivity index (χ3n) is 4.03. The highest BCUT2D eigenvalue weighted by molar-refractivity contribution is 5.53. The van der Waals surface area contributed by atoms with Crippen molar-refractivity contribution in [2.45, 2.75) is 5.92 Å². The highest BCUT2D eigenvalue weighted by Gasteiger charge is 2.37. The summed E-state index contributed by atoms with van der Waals surface area (Å²) in [7, 11) is 2.71. The van der Waals surface area contributed by atoms with Crippen LogP contribution in [0.25, 0.3) is 0 Å². The van der Waals surface area contributed by atoms with Gasteiger partial charge in [-0.1, -0.05) is 18.2 Å². The van der Waals surface area contributed by atoms with Gasteiger partial charge < -0.3 is 10.5 Å². The second-order valence-electron chi connectivity index (χ2n) is 5.37. The maximum atomic E-state index is 14.3. The van der Waals surface area contributed by atoms with E-state index in [0.29, 0.717) is 0 Å². The Labute approximate surface area is 135 Å². The number of nitriles is 1. The molecule has 0 aliphatic carbocycles. The second-order valence-corrected chi connectivity index (χ2v) is 5.37. The first kappa shape index (κ1) is 15.6. The van der Waals surface area contributed by atoms with Gasteiger partial charge in [0.05, 0.1) is 11.5 Å². The lowest BCUT2D eigenvalue weighted by atomic mass is 9.84. The molecule has 122 valence electrons. The summed E-state index contributed by atoms with van der Waals surface area (Å²) in [5, 5.41) is 9.43. The van der Waals surface area contributed by atoms with Crippen LogP contribution in [0.1, 0.15) is 17.0 Å². The minimum absolute atomic E-state index is 0.00421. The number of fused-ring (bicyclic) bond motifs is 1. The normalized spacial score (nSPS) is 16.3. The Balaban J connectivity index is 2.47. The quantitative estimate of drug-likeness (QED) is 0.818. The first-order chi connectivity index (χ1) is 11.4. The van der Waals surface area contributed by atoms with E-state index in [4.69, 9.17) is 10.5 Å². The standard InChI is InChI=1S/C16H13FN4O3/c1-20-14(22)12-11(8-5-3-4-6-10(8)17)9(7-18)13(19)24-15(12)21(2)16(20)23/h3-6,11H,19H2,1-2H3/t11-/m0/s1. The molecule has 1 aromatic heterocycles. The zero-order valence-electron chi connectivity index (χ0n) is 12.9. The van der Waals surface area contributed by atoms with Crippen LogP contribution in [0.5, 0.6) is 5.88 Å². The minimum atomic E-state index is -1.05. The van der Waals surface area contributed by atoms with Crippen LogP contribution >= 0.6 is 0 Å². The van der Waals surface area contributed by atoms with Crippen LogP contribution in [0.15, 0.2) is 45.3 Å². The molecule has 0 spiro atoms. The molecular weight excluding hydrogens is 315 g/mol. The predicted molar refractivity (Wildman–Crippen MR) is 82.6 cm³/mol. The molecule has 3 rings (SSSR count). The van der Waals surface area contributed by atoms with Gasteiger partial charge in [0.15, 0.2) is 0 Å². The van der Waals surface area contributed by atoms with E-state index in [9.17, 15) is 19.2 Å². The van der Waals surface area contributed by atoms with Crippen LogP contribution in [-0.2, 0) is 14.1 Å². The number of nitrogens with two attached hydrogens (primary N) is 1. The van der Waals surface area contributed by atoms with Crippen LogP contribution < -0.4 is 21.7 Å². The lowest BCUT2D eigenvalue weighted by molar-refractivity contribution is 0.347. The zero-order valence-corrected chi connectivity index (χ0v) is 12.9. The summed E-state index contributed by atoms with van der Waals surface area (Å²) >= 11 is 0. The van der Waals surface area contributed by atoms with E-state index in [1.807, 2.05) is 6.07 Å². The van der Waals surface area contributed by atoms with Gasteiger partial charge >= 0.3 is 5.69 Å². The molecule has 2 N–H and O–H groups in total. The van der Waals surface area contributed by atoms with E-state index < -0.39 is 23.0 Å². The number of nitrogens with zero attached hydrogens (tertiary/aromatic N) is 3. The second kappa shape index (κ2) is 5.38. The van der Waals surface area contributed by atoms with E-state index in [-0.39, 0.29) is 28.5 Å². The van der Waals surface area contributed by atoms with Gasteiger partial charge in [-0.2, -0.15) is 5.26 Å². The number of hydrogen-bond acceptors (Lipinski definition) is 5. The van der Waals surface area contributed by atoms with Crippen LogP contribution in [0.3, 0.4) is 0 Å². The maximum absolute atomic E-state index is 14.3. The number of allylic oxidation sites excluding steroid dienone is 1. The van der Waals surface area contributed by atoms with Gasteiger partial charge in [0, 0.05) is 19.7 Å². The van der Waals surface area contributed by atoms with Crippen molar-refractivity contribution in [1.29, 1.82) is 5.26 Å². The molecule has 0 unspecified atom stereocenters. The molecule has 0 saturated heterocycles. The Bertz CT molecular complexity index is 1040. The molecular formula is C16H13FN4O3. The molecule has 8 heteroatoms. The topological polar surface area (TPSA) is 103 Å². The molecule has 0 bridgehead atoms. The summed E-state index contributed by atoms with van der Waals surface area (Å²) in [5.74, 6) is -1.99. The summed E-state index contributed by atoms with van der Waals surface area (Å²) in [5.41, 5.74) is 4.52. The molecule has 1 aromatic carbocycles. The van der Waals surface area contributed by atoms with Crippen molar-refractivity contribution in [3.8, 4) is 11.9 Å². The van der Waals surface area contributed by atoms with Gasteiger partial charge in [0.2, 0.25) is 11.8 Å². The molecule has 1 aliphatic rings. The summed E-state index contributed by atoms with van der Waals surface area (Å²) in [4.78, 5) is 24.7. The molecule has 2 heterocycles. The minimum Gasteiger partial charge on any atom is -0.423 e. The van der Waals surface area contributed by atoms with E-state index in [1.54, 1.807) is 6.07 Å². The Hall–Kier alpha value is -3.34. The maximum Gasteiger partial charge on any atom is 0.333 e. The van der Waals surface area contributed by atoms with Crippen LogP contribution in [0.4, 0.5) is 4.39 Å². The van der Waals surface area contributed by atoms with Crippen molar-refractivity contribution < 1.29 is 9.13 Å². The number of ether oxygens (including phenoxy) is 1. The Morgan fingerprint density at radius 2 is 1.92 bits per heavy atom. The third-order valence-corrected chi connectivity index (χ3v) is 4.03. The van der Waals surface area contributed by atoms with E-state index in [2.05, 4.69) is 0 Å². The van der Waals surface area contributed by atoms with Crippen molar-refractivity contribution in [3.05, 3.63) is 73.5 Å². The van der Waals surface area contributed by atoms with Gasteiger partial charge in [0.1, 0.15) is 17.5 Å². The number of rotatable bonds is 1. The van der Waals surface area contributed by atoms with E-state index >= 15 is 0 Å². The van der Waals surface area contributed by atoms with Crippen LogP contribution in [-0.4, -0.2) is 9.13 Å².